The van der Waals surface area contributed by atoms with Crippen LogP contribution in [0.5, 0.6) is 5.75 Å². The number of nitro benzene ring substituents is 1. The molecule has 154 valence electrons. The van der Waals surface area contributed by atoms with Crippen molar-refractivity contribution in [3.63, 3.8) is 0 Å². The average molecular weight is 394 g/mol. The van der Waals surface area contributed by atoms with E-state index in [0.717, 1.165) is 0 Å². The smallest absolute Gasteiger partial charge is 0.409 e. The Morgan fingerprint density at radius 3 is 2.50 bits per heavy atom. The van der Waals surface area contributed by atoms with Gasteiger partial charge in [0.05, 0.1) is 36.9 Å². The van der Waals surface area contributed by atoms with E-state index in [1.54, 1.807) is 4.90 Å². The van der Waals surface area contributed by atoms with Crippen LogP contribution < -0.4 is 10.1 Å². The quantitative estimate of drug-likeness (QED) is 0.555. The molecule has 0 aromatic heterocycles. The van der Waals surface area contributed by atoms with Gasteiger partial charge in [0, 0.05) is 32.2 Å². The van der Waals surface area contributed by atoms with Crippen LogP contribution in [0.2, 0.25) is 0 Å². The number of non-ortho nitro benzene ring substituents is 1. The zero-order valence-electron chi connectivity index (χ0n) is 16.3. The van der Waals surface area contributed by atoms with Crippen LogP contribution in [-0.4, -0.2) is 73.2 Å². The van der Waals surface area contributed by atoms with Crippen molar-refractivity contribution >= 4 is 23.4 Å². The third-order valence-electron chi connectivity index (χ3n) is 4.21. The first-order valence-corrected chi connectivity index (χ1v) is 9.06. The van der Waals surface area contributed by atoms with Crippen molar-refractivity contribution in [2.24, 2.45) is 5.92 Å². The molecule has 1 aliphatic heterocycles. The summed E-state index contributed by atoms with van der Waals surface area (Å²) in [4.78, 5) is 38.1. The molecular weight excluding hydrogens is 368 g/mol. The number of carbonyl (C=O) groups excluding carboxylic acids is 2. The molecule has 28 heavy (non-hydrogen) atoms. The molecule has 0 bridgehead atoms. The molecule has 0 unspecified atom stereocenters. The van der Waals surface area contributed by atoms with Gasteiger partial charge in [-0.05, 0) is 12.0 Å². The van der Waals surface area contributed by atoms with Crippen molar-refractivity contribution in [1.29, 1.82) is 0 Å². The maximum Gasteiger partial charge on any atom is 0.409 e. The SMILES string of the molecule is COc1cc([N+](=O)[O-])ccc1NC(=O)CN1CCN(C(=O)OCC(C)C)CC1. The monoisotopic (exact) mass is 394 g/mol. The molecule has 1 fully saturated rings. The number of nitrogens with one attached hydrogen (secondary N) is 1. The molecule has 10 nitrogen and oxygen atoms in total. The van der Waals surface area contributed by atoms with Gasteiger partial charge in [-0.25, -0.2) is 4.79 Å². The van der Waals surface area contributed by atoms with Crippen molar-refractivity contribution in [3.05, 3.63) is 28.3 Å². The number of amides is 2. The molecular formula is C18H26N4O6. The van der Waals surface area contributed by atoms with Crippen LogP contribution in [0.25, 0.3) is 0 Å². The zero-order valence-corrected chi connectivity index (χ0v) is 16.3. The minimum Gasteiger partial charge on any atom is -0.494 e. The van der Waals surface area contributed by atoms with Gasteiger partial charge in [-0.2, -0.15) is 0 Å². The van der Waals surface area contributed by atoms with E-state index in [9.17, 15) is 19.7 Å². The van der Waals surface area contributed by atoms with Crippen molar-refractivity contribution in [2.75, 3.05) is 51.8 Å². The molecule has 1 saturated heterocycles. The summed E-state index contributed by atoms with van der Waals surface area (Å²) in [5, 5.41) is 13.5. The van der Waals surface area contributed by atoms with Crippen molar-refractivity contribution in [2.45, 2.75) is 13.8 Å². The van der Waals surface area contributed by atoms with Crippen LogP contribution in [0.15, 0.2) is 18.2 Å². The number of nitro groups is 1. The Balaban J connectivity index is 1.83. The van der Waals surface area contributed by atoms with Gasteiger partial charge in [0.1, 0.15) is 5.75 Å². The summed E-state index contributed by atoms with van der Waals surface area (Å²) < 4.78 is 10.3. The Bertz CT molecular complexity index is 716. The number of benzene rings is 1. The molecule has 1 aromatic carbocycles. The second-order valence-electron chi connectivity index (χ2n) is 6.92. The van der Waals surface area contributed by atoms with Gasteiger partial charge in [0.2, 0.25) is 5.91 Å². The third kappa shape index (κ3) is 6.08. The van der Waals surface area contributed by atoms with E-state index < -0.39 is 4.92 Å². The van der Waals surface area contributed by atoms with Gasteiger partial charge < -0.3 is 19.7 Å². The number of nitrogens with zero attached hydrogens (tertiary/aromatic N) is 3. The molecule has 10 heteroatoms. The molecule has 1 aliphatic rings. The minimum atomic E-state index is -0.528. The first kappa shape index (κ1) is 21.4. The molecule has 0 radical (unpaired) electrons. The number of methoxy groups -OCH3 is 1. The van der Waals surface area contributed by atoms with Crippen LogP contribution in [0, 0.1) is 16.0 Å². The molecule has 0 atom stereocenters. The van der Waals surface area contributed by atoms with Gasteiger partial charge in [-0.15, -0.1) is 0 Å². The molecule has 2 rings (SSSR count). The highest BCUT2D eigenvalue weighted by Crippen LogP contribution is 2.28. The molecule has 0 aliphatic carbocycles. The van der Waals surface area contributed by atoms with Crippen LogP contribution in [0.1, 0.15) is 13.8 Å². The number of hydrogen-bond donors (Lipinski definition) is 1. The average Bonchev–Trinajstić information content (AvgIpc) is 2.66. The number of carbonyl (C=O) groups is 2. The van der Waals surface area contributed by atoms with Crippen LogP contribution in [0.4, 0.5) is 16.2 Å². The van der Waals surface area contributed by atoms with Crippen LogP contribution >= 0.6 is 0 Å². The van der Waals surface area contributed by atoms with Gasteiger partial charge in [0.25, 0.3) is 5.69 Å². The topological polar surface area (TPSA) is 114 Å². The first-order chi connectivity index (χ1) is 13.3. The number of rotatable bonds is 7. The second-order valence-corrected chi connectivity index (χ2v) is 6.92. The Morgan fingerprint density at radius 1 is 1.25 bits per heavy atom. The zero-order chi connectivity index (χ0) is 20.7. The summed E-state index contributed by atoms with van der Waals surface area (Å²) in [6.07, 6.45) is -0.326. The highest BCUT2D eigenvalue weighted by atomic mass is 16.6. The maximum atomic E-state index is 12.3. The lowest BCUT2D eigenvalue weighted by molar-refractivity contribution is -0.384. The number of piperazine rings is 1. The van der Waals surface area contributed by atoms with E-state index in [-0.39, 0.29) is 35.9 Å². The van der Waals surface area contributed by atoms with E-state index in [1.165, 1.54) is 25.3 Å². The summed E-state index contributed by atoms with van der Waals surface area (Å²) in [7, 11) is 1.38. The van der Waals surface area contributed by atoms with E-state index in [1.807, 2.05) is 18.7 Å². The molecule has 1 N–H and O–H groups in total. The molecule has 0 saturated carbocycles. The highest BCUT2D eigenvalue weighted by molar-refractivity contribution is 5.94. The van der Waals surface area contributed by atoms with Crippen molar-refractivity contribution in [1.82, 2.24) is 9.80 Å². The fourth-order valence-corrected chi connectivity index (χ4v) is 2.71. The Kier molecular flexibility index (Phi) is 7.56. The minimum absolute atomic E-state index is 0.115. The lowest BCUT2D eigenvalue weighted by Crippen LogP contribution is -2.50. The normalized spacial score (nSPS) is 14.6. The molecule has 2 amide bonds. The van der Waals surface area contributed by atoms with Crippen LogP contribution in [-0.2, 0) is 9.53 Å². The van der Waals surface area contributed by atoms with Gasteiger partial charge in [0.15, 0.2) is 0 Å². The fraction of sp³-hybridized carbons (Fsp3) is 0.556. The Hall–Kier alpha value is -2.88. The summed E-state index contributed by atoms with van der Waals surface area (Å²) >= 11 is 0. The summed E-state index contributed by atoms with van der Waals surface area (Å²) in [5.74, 6) is 0.244. The van der Waals surface area contributed by atoms with Gasteiger partial charge in [-0.1, -0.05) is 13.8 Å². The van der Waals surface area contributed by atoms with Gasteiger partial charge >= 0.3 is 6.09 Å². The first-order valence-electron chi connectivity index (χ1n) is 9.06. The fourth-order valence-electron chi connectivity index (χ4n) is 2.71. The summed E-state index contributed by atoms with van der Waals surface area (Å²) in [5.41, 5.74) is 0.254. The Labute approximate surface area is 163 Å². The number of ether oxygens (including phenoxy) is 2. The largest absolute Gasteiger partial charge is 0.494 e. The van der Waals surface area contributed by atoms with E-state index in [4.69, 9.17) is 9.47 Å². The lowest BCUT2D eigenvalue weighted by atomic mass is 10.2. The van der Waals surface area contributed by atoms with E-state index in [2.05, 4.69) is 5.32 Å². The highest BCUT2D eigenvalue weighted by Gasteiger charge is 2.24. The van der Waals surface area contributed by atoms with Gasteiger partial charge in [-0.3, -0.25) is 19.8 Å². The van der Waals surface area contributed by atoms with Crippen LogP contribution in [0.3, 0.4) is 0 Å². The molecule has 1 aromatic rings. The van der Waals surface area contributed by atoms with Crippen molar-refractivity contribution < 1.29 is 24.0 Å². The third-order valence-corrected chi connectivity index (χ3v) is 4.21. The predicted molar refractivity (Wildman–Crippen MR) is 102 cm³/mol. The van der Waals surface area contributed by atoms with E-state index >= 15 is 0 Å². The number of anilines is 1. The van der Waals surface area contributed by atoms with Crippen molar-refractivity contribution in [3.8, 4) is 5.75 Å². The lowest BCUT2D eigenvalue weighted by Gasteiger charge is -2.33. The summed E-state index contributed by atoms with van der Waals surface area (Å²) in [6.45, 7) is 6.58. The summed E-state index contributed by atoms with van der Waals surface area (Å²) in [6, 6.07) is 4.01. The molecule has 0 spiro atoms. The second kappa shape index (κ2) is 9.88. The maximum absolute atomic E-state index is 12.3. The standard InChI is InChI=1S/C18H26N4O6/c1-13(2)12-28-18(24)21-8-6-20(7-9-21)11-17(23)19-15-5-4-14(22(25)26)10-16(15)27-3/h4-5,10,13H,6-9,11-12H2,1-3H3,(H,19,23). The number of hydrogen-bond acceptors (Lipinski definition) is 7. The Morgan fingerprint density at radius 2 is 1.93 bits per heavy atom. The molecule has 1 heterocycles. The van der Waals surface area contributed by atoms with E-state index in [0.29, 0.717) is 38.5 Å². The predicted octanol–water partition coefficient (Wildman–Crippen LogP) is 1.95.